The number of rotatable bonds is 8. The van der Waals surface area contributed by atoms with Crippen LogP contribution in [-0.2, 0) is 19.1 Å². The lowest BCUT2D eigenvalue weighted by Crippen LogP contribution is -2.70. The average molecular weight is 588 g/mol. The molecule has 0 radical (unpaired) electrons. The number of aromatic amines is 1. The molecule has 2 aromatic carbocycles. The Labute approximate surface area is 243 Å². The summed E-state index contributed by atoms with van der Waals surface area (Å²) in [6, 6.07) is 18.1. The first-order valence-electron chi connectivity index (χ1n) is 12.9. The minimum atomic E-state index is -0.728. The van der Waals surface area contributed by atoms with E-state index in [-0.39, 0.29) is 29.8 Å². The van der Waals surface area contributed by atoms with Gasteiger partial charge in [-0.2, -0.15) is 5.10 Å². The van der Waals surface area contributed by atoms with Gasteiger partial charge in [0.15, 0.2) is 16.9 Å². The zero-order valence-electron chi connectivity index (χ0n) is 21.8. The molecule has 4 aromatic rings. The highest BCUT2D eigenvalue weighted by Gasteiger charge is 2.54. The van der Waals surface area contributed by atoms with E-state index >= 15 is 0 Å². The summed E-state index contributed by atoms with van der Waals surface area (Å²) < 4.78 is 6.17. The van der Waals surface area contributed by atoms with E-state index in [0.717, 1.165) is 22.9 Å². The monoisotopic (exact) mass is 587 g/mol. The molecular weight excluding hydrogens is 562 g/mol. The molecule has 0 bridgehead atoms. The third-order valence-corrected chi connectivity index (χ3v) is 9.14. The molecule has 0 aliphatic carbocycles. The quantitative estimate of drug-likeness (QED) is 0.159. The van der Waals surface area contributed by atoms with Gasteiger partial charge in [0.2, 0.25) is 5.91 Å². The van der Waals surface area contributed by atoms with Gasteiger partial charge in [-0.05, 0) is 11.1 Å². The molecule has 2 amide bonds. The number of nitrogens with two attached hydrogens (primary N) is 1. The van der Waals surface area contributed by atoms with E-state index in [1.165, 1.54) is 16.7 Å². The van der Waals surface area contributed by atoms with Gasteiger partial charge in [0.1, 0.15) is 22.9 Å². The summed E-state index contributed by atoms with van der Waals surface area (Å²) in [4.78, 5) is 50.3. The molecule has 4 N–H and O–H groups in total. The van der Waals surface area contributed by atoms with E-state index < -0.39 is 23.5 Å². The Balaban J connectivity index is 1.38. The molecule has 11 nitrogen and oxygen atoms in total. The van der Waals surface area contributed by atoms with Crippen molar-refractivity contribution in [3.63, 3.8) is 0 Å². The van der Waals surface area contributed by atoms with Gasteiger partial charge in [0.05, 0.1) is 11.6 Å². The molecule has 1 fully saturated rings. The Morgan fingerprint density at radius 3 is 2.49 bits per heavy atom. The van der Waals surface area contributed by atoms with Crippen LogP contribution in [0.2, 0.25) is 0 Å². The van der Waals surface area contributed by atoms with Crippen molar-refractivity contribution in [1.82, 2.24) is 30.4 Å². The number of H-pyrrole nitrogens is 1. The molecule has 2 aliphatic heterocycles. The molecule has 1 unspecified atom stereocenters. The number of benzene rings is 2. The smallest absolute Gasteiger partial charge is 0.356 e. The van der Waals surface area contributed by atoms with Gasteiger partial charge in [-0.15, -0.1) is 11.8 Å². The van der Waals surface area contributed by atoms with Crippen molar-refractivity contribution in [2.24, 2.45) is 0 Å². The first-order chi connectivity index (χ1) is 19.9. The fraction of sp³-hybridized carbons (Fsp3) is 0.214. The number of anilines is 1. The third-order valence-electron chi connectivity index (χ3n) is 6.73. The second kappa shape index (κ2) is 11.3. The molecule has 2 aliphatic rings. The SMILES string of the molecule is CCC(=O)NC1C(=O)N2C(C(=O)OC(c3ccccc3)c3ccccc3)=C(Sc3nc(N)c4cn[nH]c4n3)CS[C@H]12. The minimum absolute atomic E-state index is 0.106. The van der Waals surface area contributed by atoms with Crippen LogP contribution in [0.25, 0.3) is 11.0 Å². The zero-order chi connectivity index (χ0) is 28.5. The van der Waals surface area contributed by atoms with Gasteiger partial charge in [-0.3, -0.25) is 19.6 Å². The number of nitrogens with one attached hydrogen (secondary N) is 2. The highest BCUT2D eigenvalue weighted by molar-refractivity contribution is 8.06. The Morgan fingerprint density at radius 1 is 1.15 bits per heavy atom. The van der Waals surface area contributed by atoms with Crippen LogP contribution in [0, 0.1) is 0 Å². The predicted molar refractivity (Wildman–Crippen MR) is 155 cm³/mol. The number of carbonyl (C=O) groups is 3. The van der Waals surface area contributed by atoms with Crippen molar-refractivity contribution < 1.29 is 19.1 Å². The van der Waals surface area contributed by atoms with Crippen LogP contribution in [-0.4, -0.2) is 60.0 Å². The van der Waals surface area contributed by atoms with Gasteiger partial charge in [-0.1, -0.05) is 79.3 Å². The second-order valence-electron chi connectivity index (χ2n) is 9.31. The Morgan fingerprint density at radius 2 is 1.83 bits per heavy atom. The van der Waals surface area contributed by atoms with E-state index in [2.05, 4.69) is 25.5 Å². The molecule has 2 aromatic heterocycles. The number of ether oxygens (including phenoxy) is 1. The van der Waals surface area contributed by atoms with E-state index in [9.17, 15) is 14.4 Å². The molecule has 2 atom stereocenters. The molecule has 208 valence electrons. The van der Waals surface area contributed by atoms with Crippen LogP contribution < -0.4 is 11.1 Å². The number of β-lactam (4-membered cyclic amide) rings is 1. The molecule has 41 heavy (non-hydrogen) atoms. The molecule has 0 saturated carbocycles. The zero-order valence-corrected chi connectivity index (χ0v) is 23.4. The number of amides is 2. The van der Waals surface area contributed by atoms with Crippen LogP contribution >= 0.6 is 23.5 Å². The number of hydrogen-bond acceptors (Lipinski definition) is 10. The predicted octanol–water partition coefficient (Wildman–Crippen LogP) is 3.38. The Hall–Kier alpha value is -4.36. The Bertz CT molecular complexity index is 1620. The van der Waals surface area contributed by atoms with Crippen molar-refractivity contribution in [1.29, 1.82) is 0 Å². The van der Waals surface area contributed by atoms with Crippen LogP contribution in [0.3, 0.4) is 0 Å². The van der Waals surface area contributed by atoms with Crippen LogP contribution in [0.1, 0.15) is 30.6 Å². The summed E-state index contributed by atoms with van der Waals surface area (Å²) in [5.41, 5.74) is 8.25. The van der Waals surface area contributed by atoms with E-state index in [1.54, 1.807) is 13.1 Å². The summed E-state index contributed by atoms with van der Waals surface area (Å²) in [5, 5.41) is 9.96. The normalized spacial score (nSPS) is 18.3. The fourth-order valence-electron chi connectivity index (χ4n) is 4.67. The van der Waals surface area contributed by atoms with Crippen molar-refractivity contribution in [3.8, 4) is 0 Å². The number of thioether (sulfide) groups is 2. The van der Waals surface area contributed by atoms with Crippen molar-refractivity contribution in [3.05, 3.63) is 88.6 Å². The second-order valence-corrected chi connectivity index (χ2v) is 11.5. The molecule has 0 spiro atoms. The van der Waals surface area contributed by atoms with Gasteiger partial charge in [0.25, 0.3) is 5.91 Å². The lowest BCUT2D eigenvalue weighted by molar-refractivity contribution is -0.154. The maximum Gasteiger partial charge on any atom is 0.356 e. The molecule has 4 heterocycles. The number of esters is 1. The fourth-order valence-corrected chi connectivity index (χ4v) is 7.09. The summed E-state index contributed by atoms with van der Waals surface area (Å²) >= 11 is 2.58. The maximum atomic E-state index is 14.0. The van der Waals surface area contributed by atoms with Gasteiger partial charge >= 0.3 is 5.97 Å². The highest BCUT2D eigenvalue weighted by atomic mass is 32.2. The lowest BCUT2D eigenvalue weighted by atomic mass is 10.0. The average Bonchev–Trinajstić information content (AvgIpc) is 3.48. The van der Waals surface area contributed by atoms with Gasteiger partial charge < -0.3 is 15.8 Å². The van der Waals surface area contributed by atoms with Crippen LogP contribution in [0.4, 0.5) is 5.82 Å². The number of nitrogens with zero attached hydrogens (tertiary/aromatic N) is 4. The molecule has 13 heteroatoms. The number of nitrogen functional groups attached to an aromatic ring is 1. The van der Waals surface area contributed by atoms with E-state index in [0.29, 0.717) is 26.8 Å². The summed E-state index contributed by atoms with van der Waals surface area (Å²) in [5.74, 6) is -0.669. The van der Waals surface area contributed by atoms with Crippen molar-refractivity contribution in [2.45, 2.75) is 36.0 Å². The summed E-state index contributed by atoms with van der Waals surface area (Å²) in [7, 11) is 0. The highest BCUT2D eigenvalue weighted by Crippen LogP contribution is 2.45. The summed E-state index contributed by atoms with van der Waals surface area (Å²) in [6.45, 7) is 1.72. The molecular formula is C28H25N7O4S2. The standard InChI is InChI=1S/C28H25N7O4S2/c1-2-19(36)31-20-25(37)35-21(27(38)39-22(15-9-5-3-6-10-15)16-11-7-4-8-12-16)18(14-40-26(20)35)41-28-32-23(29)17-13-30-34-24(17)33-28/h3-13,20,22,26H,2,14H2,1H3,(H,31,36)(H3,29,30,32,33,34)/t20?,26-/m1/s1. The largest absolute Gasteiger partial charge is 0.448 e. The first-order valence-corrected chi connectivity index (χ1v) is 14.7. The number of aromatic nitrogens is 4. The van der Waals surface area contributed by atoms with E-state index in [1.807, 2.05) is 60.7 Å². The number of carbonyl (C=O) groups excluding carboxylic acids is 3. The van der Waals surface area contributed by atoms with E-state index in [4.69, 9.17) is 10.5 Å². The first kappa shape index (κ1) is 26.8. The van der Waals surface area contributed by atoms with Crippen molar-refractivity contribution >= 4 is 58.2 Å². The van der Waals surface area contributed by atoms with Crippen LogP contribution in [0.15, 0.2) is 82.6 Å². The number of fused-ring (bicyclic) bond motifs is 2. The maximum absolute atomic E-state index is 14.0. The number of hydrogen-bond donors (Lipinski definition) is 3. The molecule has 6 rings (SSSR count). The van der Waals surface area contributed by atoms with Crippen molar-refractivity contribution in [2.75, 3.05) is 11.5 Å². The van der Waals surface area contributed by atoms with Crippen LogP contribution in [0.5, 0.6) is 0 Å². The third kappa shape index (κ3) is 5.13. The summed E-state index contributed by atoms with van der Waals surface area (Å²) in [6.07, 6.45) is 1.08. The lowest BCUT2D eigenvalue weighted by Gasteiger charge is -2.49. The van der Waals surface area contributed by atoms with Gasteiger partial charge in [0, 0.05) is 17.1 Å². The minimum Gasteiger partial charge on any atom is -0.448 e. The Kier molecular flexibility index (Phi) is 7.37. The topological polar surface area (TPSA) is 156 Å². The van der Waals surface area contributed by atoms with Gasteiger partial charge in [-0.25, -0.2) is 14.8 Å². The molecule has 1 saturated heterocycles.